The van der Waals surface area contributed by atoms with Crippen molar-refractivity contribution in [3.05, 3.63) is 35.4 Å². The van der Waals surface area contributed by atoms with Gasteiger partial charge < -0.3 is 16.0 Å². The van der Waals surface area contributed by atoms with Crippen LogP contribution in [0, 0.1) is 5.92 Å². The Hall–Kier alpha value is -1.56. The topological polar surface area (TPSA) is 75.4 Å². The number of hydrogen-bond acceptors (Lipinski definition) is 2. The summed E-state index contributed by atoms with van der Waals surface area (Å²) in [6, 6.07) is 7.13. The molecule has 6 heteroatoms. The summed E-state index contributed by atoms with van der Waals surface area (Å²) < 4.78 is 0. The highest BCUT2D eigenvalue weighted by Crippen LogP contribution is 2.18. The highest BCUT2D eigenvalue weighted by atomic mass is 79.9. The molecular formula is C15H20BrN3O2. The van der Waals surface area contributed by atoms with Crippen LogP contribution in [0.3, 0.4) is 0 Å². The zero-order chi connectivity index (χ0) is 15.2. The maximum absolute atomic E-state index is 12.5. The van der Waals surface area contributed by atoms with Crippen LogP contribution in [0.5, 0.6) is 0 Å². The molecule has 21 heavy (non-hydrogen) atoms. The smallest absolute Gasteiger partial charge is 0.312 e. The lowest BCUT2D eigenvalue weighted by atomic mass is 9.97. The minimum absolute atomic E-state index is 0.0555. The quantitative estimate of drug-likeness (QED) is 0.813. The molecule has 1 heterocycles. The standard InChI is InChI=1S/C15H20BrN3O2/c16-8-11-3-5-13(6-4-11)14(20)19-7-1-2-12(10-19)9-18-15(17)21/h3-6,12H,1-2,7-10H2,(H3,17,18,21). The maximum atomic E-state index is 12.5. The van der Waals surface area contributed by atoms with Crippen LogP contribution in [0.2, 0.25) is 0 Å². The fourth-order valence-electron chi connectivity index (χ4n) is 2.58. The molecule has 0 radical (unpaired) electrons. The number of carbonyl (C=O) groups excluding carboxylic acids is 2. The van der Waals surface area contributed by atoms with Gasteiger partial charge in [0.15, 0.2) is 0 Å². The second-order valence-corrected chi connectivity index (χ2v) is 5.90. The van der Waals surface area contributed by atoms with Crippen LogP contribution in [-0.2, 0) is 5.33 Å². The number of likely N-dealkylation sites (tertiary alicyclic amines) is 1. The molecule has 3 amide bonds. The summed E-state index contributed by atoms with van der Waals surface area (Å²) in [5, 5.41) is 3.41. The van der Waals surface area contributed by atoms with Crippen molar-refractivity contribution in [2.45, 2.75) is 18.2 Å². The van der Waals surface area contributed by atoms with Gasteiger partial charge in [0.1, 0.15) is 0 Å². The minimum atomic E-state index is -0.510. The predicted molar refractivity (Wildman–Crippen MR) is 85.3 cm³/mol. The van der Waals surface area contributed by atoms with E-state index in [1.165, 1.54) is 0 Å². The number of alkyl halides is 1. The fourth-order valence-corrected chi connectivity index (χ4v) is 2.95. The molecule has 1 aliphatic rings. The molecule has 3 N–H and O–H groups in total. The van der Waals surface area contributed by atoms with Crippen molar-refractivity contribution in [3.8, 4) is 0 Å². The maximum Gasteiger partial charge on any atom is 0.312 e. The Balaban J connectivity index is 1.96. The van der Waals surface area contributed by atoms with Gasteiger partial charge in [0, 0.05) is 30.5 Å². The van der Waals surface area contributed by atoms with Gasteiger partial charge in [0.05, 0.1) is 0 Å². The van der Waals surface area contributed by atoms with Crippen molar-refractivity contribution in [3.63, 3.8) is 0 Å². The number of primary amides is 1. The van der Waals surface area contributed by atoms with Crippen LogP contribution in [0.25, 0.3) is 0 Å². The number of rotatable bonds is 4. The Morgan fingerprint density at radius 3 is 2.67 bits per heavy atom. The van der Waals surface area contributed by atoms with Crippen molar-refractivity contribution >= 4 is 27.9 Å². The van der Waals surface area contributed by atoms with Gasteiger partial charge in [-0.15, -0.1) is 0 Å². The molecule has 0 saturated carbocycles. The first-order valence-electron chi connectivity index (χ1n) is 7.07. The zero-order valence-electron chi connectivity index (χ0n) is 11.8. The van der Waals surface area contributed by atoms with Crippen molar-refractivity contribution in [2.24, 2.45) is 11.7 Å². The summed E-state index contributed by atoms with van der Waals surface area (Å²) in [7, 11) is 0. The van der Waals surface area contributed by atoms with Crippen LogP contribution in [-0.4, -0.2) is 36.5 Å². The number of nitrogens with one attached hydrogen (secondary N) is 1. The lowest BCUT2D eigenvalue weighted by Crippen LogP contribution is -2.44. The third-order valence-corrected chi connectivity index (χ3v) is 4.37. The number of benzene rings is 1. The summed E-state index contributed by atoms with van der Waals surface area (Å²) in [6.07, 6.45) is 1.96. The van der Waals surface area contributed by atoms with Crippen LogP contribution in [0.4, 0.5) is 4.79 Å². The van der Waals surface area contributed by atoms with Gasteiger partial charge in [-0.25, -0.2) is 4.79 Å². The van der Waals surface area contributed by atoms with Gasteiger partial charge in [0.2, 0.25) is 0 Å². The predicted octanol–water partition coefficient (Wildman–Crippen LogP) is 2.10. The SMILES string of the molecule is NC(=O)NCC1CCCN(C(=O)c2ccc(CBr)cc2)C1. The summed E-state index contributed by atoms with van der Waals surface area (Å²) in [5.74, 6) is 0.330. The van der Waals surface area contributed by atoms with Crippen LogP contribution in [0.15, 0.2) is 24.3 Å². The average molecular weight is 354 g/mol. The Morgan fingerprint density at radius 2 is 2.05 bits per heavy atom. The second kappa shape index (κ2) is 7.45. The molecule has 0 aliphatic carbocycles. The summed E-state index contributed by atoms with van der Waals surface area (Å²) in [4.78, 5) is 25.1. The molecule has 114 valence electrons. The lowest BCUT2D eigenvalue weighted by Gasteiger charge is -2.32. The molecule has 1 aromatic carbocycles. The number of nitrogens with two attached hydrogens (primary N) is 1. The molecule has 2 rings (SSSR count). The van der Waals surface area contributed by atoms with Crippen molar-refractivity contribution in [2.75, 3.05) is 19.6 Å². The monoisotopic (exact) mass is 353 g/mol. The van der Waals surface area contributed by atoms with E-state index in [4.69, 9.17) is 5.73 Å². The molecule has 1 saturated heterocycles. The van der Waals surface area contributed by atoms with Gasteiger partial charge in [-0.3, -0.25) is 4.79 Å². The minimum Gasteiger partial charge on any atom is -0.352 e. The lowest BCUT2D eigenvalue weighted by molar-refractivity contribution is 0.0675. The van der Waals surface area contributed by atoms with E-state index in [1.54, 1.807) is 0 Å². The van der Waals surface area contributed by atoms with Gasteiger partial charge in [-0.1, -0.05) is 28.1 Å². The van der Waals surface area contributed by atoms with E-state index < -0.39 is 6.03 Å². The first-order valence-corrected chi connectivity index (χ1v) is 8.19. The third-order valence-electron chi connectivity index (χ3n) is 3.73. The zero-order valence-corrected chi connectivity index (χ0v) is 13.4. The van der Waals surface area contributed by atoms with Crippen molar-refractivity contribution in [1.29, 1.82) is 0 Å². The van der Waals surface area contributed by atoms with Gasteiger partial charge >= 0.3 is 6.03 Å². The van der Waals surface area contributed by atoms with Crippen LogP contribution >= 0.6 is 15.9 Å². The summed E-state index contributed by atoms with van der Waals surface area (Å²) in [6.45, 7) is 1.97. The van der Waals surface area contributed by atoms with E-state index in [9.17, 15) is 9.59 Å². The molecule has 1 unspecified atom stereocenters. The van der Waals surface area contributed by atoms with Crippen molar-refractivity contribution < 1.29 is 9.59 Å². The van der Waals surface area contributed by atoms with Crippen molar-refractivity contribution in [1.82, 2.24) is 10.2 Å². The van der Waals surface area contributed by atoms with E-state index in [2.05, 4.69) is 21.2 Å². The Labute approximate surface area is 133 Å². The molecule has 1 aliphatic heterocycles. The fraction of sp³-hybridized carbons (Fsp3) is 0.467. The second-order valence-electron chi connectivity index (χ2n) is 5.34. The summed E-state index contributed by atoms with van der Waals surface area (Å²) in [5.41, 5.74) is 6.95. The molecule has 1 aromatic rings. The van der Waals surface area contributed by atoms with Gasteiger partial charge in [-0.05, 0) is 36.5 Å². The molecule has 0 spiro atoms. The highest BCUT2D eigenvalue weighted by molar-refractivity contribution is 9.08. The van der Waals surface area contributed by atoms with Crippen LogP contribution in [0.1, 0.15) is 28.8 Å². The average Bonchev–Trinajstić information content (AvgIpc) is 2.52. The largest absolute Gasteiger partial charge is 0.352 e. The van der Waals surface area contributed by atoms with E-state index in [0.717, 1.165) is 30.3 Å². The molecule has 0 bridgehead atoms. The van der Waals surface area contributed by atoms with E-state index in [1.807, 2.05) is 29.2 Å². The number of carbonyl (C=O) groups is 2. The summed E-state index contributed by atoms with van der Waals surface area (Å²) >= 11 is 3.39. The number of nitrogens with zero attached hydrogens (tertiary/aromatic N) is 1. The molecule has 5 nitrogen and oxygen atoms in total. The van der Waals surface area contributed by atoms with E-state index in [0.29, 0.717) is 18.7 Å². The Morgan fingerprint density at radius 1 is 1.33 bits per heavy atom. The molecule has 0 aromatic heterocycles. The first-order chi connectivity index (χ1) is 10.1. The number of hydrogen-bond donors (Lipinski definition) is 2. The normalized spacial score (nSPS) is 18.3. The molecule has 1 atom stereocenters. The Kier molecular flexibility index (Phi) is 5.61. The third kappa shape index (κ3) is 4.46. The highest BCUT2D eigenvalue weighted by Gasteiger charge is 2.24. The number of amides is 3. The number of piperidine rings is 1. The van der Waals surface area contributed by atoms with Crippen LogP contribution < -0.4 is 11.1 Å². The van der Waals surface area contributed by atoms with Gasteiger partial charge in [-0.2, -0.15) is 0 Å². The Bertz CT molecular complexity index is 504. The van der Waals surface area contributed by atoms with E-state index >= 15 is 0 Å². The first kappa shape index (κ1) is 15.8. The van der Waals surface area contributed by atoms with E-state index in [-0.39, 0.29) is 11.8 Å². The molecular weight excluding hydrogens is 334 g/mol. The van der Waals surface area contributed by atoms with Gasteiger partial charge in [0.25, 0.3) is 5.91 Å². The number of urea groups is 1. The molecule has 1 fully saturated rings. The number of halogens is 1.